The normalized spacial score (nSPS) is 14.0. The molecule has 8 nitrogen and oxygen atoms in total. The van der Waals surface area contributed by atoms with Gasteiger partial charge in [-0.25, -0.2) is 13.1 Å². The van der Waals surface area contributed by atoms with Gasteiger partial charge in [-0.3, -0.25) is 4.79 Å². The van der Waals surface area contributed by atoms with Gasteiger partial charge >= 0.3 is 0 Å². The van der Waals surface area contributed by atoms with Crippen LogP contribution in [-0.4, -0.2) is 31.1 Å². The molecule has 3 rings (SSSR count). The number of carbonyl (C=O) groups excluding carboxylic acids is 1. The summed E-state index contributed by atoms with van der Waals surface area (Å²) >= 11 is 0. The molecule has 0 saturated carbocycles. The van der Waals surface area contributed by atoms with E-state index >= 15 is 0 Å². The lowest BCUT2D eigenvalue weighted by molar-refractivity contribution is -0.115. The Labute approximate surface area is 139 Å². The Morgan fingerprint density at radius 3 is 2.83 bits per heavy atom. The molecule has 1 amide bonds. The number of carbonyl (C=O) groups is 1. The van der Waals surface area contributed by atoms with Gasteiger partial charge in [0.05, 0.1) is 11.3 Å². The molecular formula is C15H18N4O4S. The lowest BCUT2D eigenvalue weighted by Crippen LogP contribution is -2.26. The number of sulfonamides is 1. The van der Waals surface area contributed by atoms with E-state index in [4.69, 9.17) is 4.42 Å². The van der Waals surface area contributed by atoms with Crippen LogP contribution in [0.25, 0.3) is 0 Å². The number of hydrogen-bond acceptors (Lipinski definition) is 6. The molecule has 2 heterocycles. The predicted octanol–water partition coefficient (Wildman–Crippen LogP) is 1.21. The van der Waals surface area contributed by atoms with Crippen molar-refractivity contribution in [1.29, 1.82) is 0 Å². The molecule has 2 N–H and O–H groups in total. The van der Waals surface area contributed by atoms with Crippen molar-refractivity contribution in [2.75, 3.05) is 11.9 Å². The number of hydrogen-bond donors (Lipinski definition) is 2. The molecule has 0 aliphatic carbocycles. The number of fused-ring (bicyclic) bond motifs is 1. The highest BCUT2D eigenvalue weighted by Gasteiger charge is 2.21. The maximum absolute atomic E-state index is 12.3. The van der Waals surface area contributed by atoms with Gasteiger partial charge in [0.2, 0.25) is 27.7 Å². The molecule has 0 unspecified atom stereocenters. The van der Waals surface area contributed by atoms with E-state index in [-0.39, 0.29) is 29.7 Å². The maximum Gasteiger partial charge on any atom is 0.240 e. The first-order chi connectivity index (χ1) is 11.3. The predicted molar refractivity (Wildman–Crippen MR) is 86.1 cm³/mol. The Hall–Kier alpha value is -2.26. The van der Waals surface area contributed by atoms with Gasteiger partial charge in [0.25, 0.3) is 0 Å². The van der Waals surface area contributed by atoms with Crippen molar-refractivity contribution in [3.63, 3.8) is 0 Å². The van der Waals surface area contributed by atoms with E-state index in [9.17, 15) is 13.2 Å². The van der Waals surface area contributed by atoms with Gasteiger partial charge in [-0.1, -0.05) is 13.8 Å². The first kappa shape index (κ1) is 16.6. The van der Waals surface area contributed by atoms with Crippen LogP contribution in [0.3, 0.4) is 0 Å². The van der Waals surface area contributed by atoms with Gasteiger partial charge in [0.1, 0.15) is 0 Å². The zero-order chi connectivity index (χ0) is 17.3. The minimum Gasteiger partial charge on any atom is -0.425 e. The summed E-state index contributed by atoms with van der Waals surface area (Å²) in [6.45, 7) is 4.03. The maximum atomic E-state index is 12.3. The summed E-state index contributed by atoms with van der Waals surface area (Å²) in [5.74, 6) is 0.921. The van der Waals surface area contributed by atoms with Crippen LogP contribution in [-0.2, 0) is 27.7 Å². The van der Waals surface area contributed by atoms with Crippen molar-refractivity contribution in [2.45, 2.75) is 37.5 Å². The molecule has 1 aliphatic rings. The second kappa shape index (κ2) is 6.33. The molecule has 0 bridgehead atoms. The summed E-state index contributed by atoms with van der Waals surface area (Å²) in [5, 5.41) is 10.5. The Bertz CT molecular complexity index is 873. The molecule has 24 heavy (non-hydrogen) atoms. The van der Waals surface area contributed by atoms with E-state index in [2.05, 4.69) is 20.2 Å². The van der Waals surface area contributed by atoms with Crippen LogP contribution in [0.1, 0.15) is 37.1 Å². The molecule has 128 valence electrons. The van der Waals surface area contributed by atoms with E-state index < -0.39 is 10.0 Å². The summed E-state index contributed by atoms with van der Waals surface area (Å²) in [7, 11) is -3.66. The number of nitrogens with one attached hydrogen (secondary N) is 2. The van der Waals surface area contributed by atoms with E-state index in [1.165, 1.54) is 12.1 Å². The minimum atomic E-state index is -3.66. The Morgan fingerprint density at radius 1 is 1.33 bits per heavy atom. The molecule has 1 aromatic heterocycles. The lowest BCUT2D eigenvalue weighted by atomic mass is 10.2. The van der Waals surface area contributed by atoms with Crippen LogP contribution >= 0.6 is 0 Å². The molecule has 9 heteroatoms. The lowest BCUT2D eigenvalue weighted by Gasteiger charge is -2.07. The van der Waals surface area contributed by atoms with E-state index in [1.807, 2.05) is 13.8 Å². The molecule has 0 spiro atoms. The number of aromatic nitrogens is 2. The van der Waals surface area contributed by atoms with Crippen molar-refractivity contribution >= 4 is 21.6 Å². The molecule has 0 fully saturated rings. The van der Waals surface area contributed by atoms with Crippen molar-refractivity contribution in [2.24, 2.45) is 0 Å². The van der Waals surface area contributed by atoms with Gasteiger partial charge in [0, 0.05) is 24.6 Å². The van der Waals surface area contributed by atoms with Crippen molar-refractivity contribution in [1.82, 2.24) is 14.9 Å². The molecule has 2 aromatic rings. The molecule has 0 saturated heterocycles. The summed E-state index contributed by atoms with van der Waals surface area (Å²) in [4.78, 5) is 11.5. The summed E-state index contributed by atoms with van der Waals surface area (Å²) in [5.41, 5.74) is 1.34. The average molecular weight is 350 g/mol. The third-order valence-electron chi connectivity index (χ3n) is 3.62. The fourth-order valence-electron chi connectivity index (χ4n) is 2.35. The SMILES string of the molecule is CC(C)c1nnc(CCNS(=O)(=O)c2ccc3c(c2)CC(=O)N3)o1. The topological polar surface area (TPSA) is 114 Å². The minimum absolute atomic E-state index is 0.130. The summed E-state index contributed by atoms with van der Waals surface area (Å²) < 4.78 is 32.6. The summed E-state index contributed by atoms with van der Waals surface area (Å²) in [6, 6.07) is 4.58. The smallest absolute Gasteiger partial charge is 0.240 e. The van der Waals surface area contributed by atoms with Crippen molar-refractivity contribution in [3.8, 4) is 0 Å². The highest BCUT2D eigenvalue weighted by atomic mass is 32.2. The first-order valence-corrected chi connectivity index (χ1v) is 9.08. The molecule has 1 aromatic carbocycles. The van der Waals surface area contributed by atoms with Crippen LogP contribution < -0.4 is 10.0 Å². The Balaban J connectivity index is 1.64. The van der Waals surface area contributed by atoms with E-state index in [0.717, 1.165) is 0 Å². The highest BCUT2D eigenvalue weighted by Crippen LogP contribution is 2.25. The third-order valence-corrected chi connectivity index (χ3v) is 5.08. The molecule has 0 atom stereocenters. The monoisotopic (exact) mass is 350 g/mol. The fraction of sp³-hybridized carbons (Fsp3) is 0.400. The van der Waals surface area contributed by atoms with Gasteiger partial charge in [0.15, 0.2) is 0 Å². The van der Waals surface area contributed by atoms with Crippen molar-refractivity contribution in [3.05, 3.63) is 35.5 Å². The quantitative estimate of drug-likeness (QED) is 0.809. The number of nitrogens with zero attached hydrogens (tertiary/aromatic N) is 2. The number of amides is 1. The largest absolute Gasteiger partial charge is 0.425 e. The summed E-state index contributed by atoms with van der Waals surface area (Å²) in [6.07, 6.45) is 0.503. The zero-order valence-electron chi connectivity index (χ0n) is 13.4. The molecule has 0 radical (unpaired) electrons. The Morgan fingerprint density at radius 2 is 2.12 bits per heavy atom. The number of rotatable bonds is 6. The van der Waals surface area contributed by atoms with Crippen LogP contribution in [0, 0.1) is 0 Å². The third kappa shape index (κ3) is 3.46. The first-order valence-electron chi connectivity index (χ1n) is 7.60. The van der Waals surface area contributed by atoms with Crippen molar-refractivity contribution < 1.29 is 17.6 Å². The van der Waals surface area contributed by atoms with Crippen LogP contribution in [0.5, 0.6) is 0 Å². The van der Waals surface area contributed by atoms with Gasteiger partial charge in [-0.2, -0.15) is 0 Å². The van der Waals surface area contributed by atoms with Gasteiger partial charge in [-0.15, -0.1) is 10.2 Å². The number of anilines is 1. The van der Waals surface area contributed by atoms with E-state index in [0.29, 0.717) is 29.5 Å². The second-order valence-corrected chi connectivity index (χ2v) is 7.65. The standard InChI is InChI=1S/C15H18N4O4S/c1-9(2)15-19-18-14(23-15)5-6-16-24(21,22)11-3-4-12-10(7-11)8-13(20)17-12/h3-4,7,9,16H,5-6,8H2,1-2H3,(H,17,20). The highest BCUT2D eigenvalue weighted by molar-refractivity contribution is 7.89. The average Bonchev–Trinajstić information content (AvgIpc) is 3.11. The Kier molecular flexibility index (Phi) is 4.37. The number of benzene rings is 1. The van der Waals surface area contributed by atoms with Gasteiger partial charge in [-0.05, 0) is 23.8 Å². The molecular weight excluding hydrogens is 332 g/mol. The molecule has 1 aliphatic heterocycles. The zero-order valence-corrected chi connectivity index (χ0v) is 14.2. The van der Waals surface area contributed by atoms with Crippen LogP contribution in [0.15, 0.2) is 27.5 Å². The van der Waals surface area contributed by atoms with E-state index in [1.54, 1.807) is 6.07 Å². The second-order valence-electron chi connectivity index (χ2n) is 5.88. The van der Waals surface area contributed by atoms with Crippen LogP contribution in [0.4, 0.5) is 5.69 Å². The fourth-order valence-corrected chi connectivity index (χ4v) is 3.43. The van der Waals surface area contributed by atoms with Crippen LogP contribution in [0.2, 0.25) is 0 Å². The van der Waals surface area contributed by atoms with Gasteiger partial charge < -0.3 is 9.73 Å².